The molecule has 0 atom stereocenters. The van der Waals surface area contributed by atoms with Crippen LogP contribution in [0.15, 0.2) is 35.6 Å². The van der Waals surface area contributed by atoms with Gasteiger partial charge in [0, 0.05) is 11.1 Å². The van der Waals surface area contributed by atoms with Crippen LogP contribution < -0.4 is 5.73 Å². The number of rotatable bonds is 1. The average molecular weight is 217 g/mol. The van der Waals surface area contributed by atoms with Crippen molar-refractivity contribution < 1.29 is 19.5 Å². The van der Waals surface area contributed by atoms with Gasteiger partial charge in [0.2, 0.25) is 11.6 Å². The monoisotopic (exact) mass is 217 g/mol. The number of carbonyl (C=O) groups excluding carboxylic acids is 3. The van der Waals surface area contributed by atoms with Crippen LogP contribution in [-0.4, -0.2) is 22.6 Å². The van der Waals surface area contributed by atoms with Crippen LogP contribution in [0.1, 0.15) is 20.7 Å². The molecule has 1 aliphatic rings. The van der Waals surface area contributed by atoms with Gasteiger partial charge in [0.05, 0.1) is 0 Å². The molecule has 0 heterocycles. The summed E-state index contributed by atoms with van der Waals surface area (Å²) in [6.45, 7) is 0. The number of ketones is 2. The molecule has 0 unspecified atom stereocenters. The predicted molar refractivity (Wildman–Crippen MR) is 54.0 cm³/mol. The zero-order chi connectivity index (χ0) is 11.9. The van der Waals surface area contributed by atoms with Gasteiger partial charge in [-0.25, -0.2) is 0 Å². The highest BCUT2D eigenvalue weighted by atomic mass is 16.3. The number of hydrogen-bond acceptors (Lipinski definition) is 4. The number of aliphatic hydroxyl groups excluding tert-OH is 1. The molecule has 1 aromatic rings. The van der Waals surface area contributed by atoms with Crippen LogP contribution in [0.5, 0.6) is 0 Å². The van der Waals surface area contributed by atoms with Crippen molar-refractivity contribution in [2.75, 3.05) is 0 Å². The largest absolute Gasteiger partial charge is 0.503 e. The lowest BCUT2D eigenvalue weighted by Gasteiger charge is -2.14. The van der Waals surface area contributed by atoms with Crippen LogP contribution in [0, 0.1) is 0 Å². The molecular formula is C11H7NO4. The molecular weight excluding hydrogens is 210 g/mol. The van der Waals surface area contributed by atoms with Crippen molar-refractivity contribution in [2.45, 2.75) is 0 Å². The number of allylic oxidation sites excluding steroid dienone is 1. The standard InChI is InChI=1S/C11H7NO4/c12-11(16)7-8(13)5-3-1-2-4-6(5)9(14)10(7)15/h1-4,15H,(H2,12,16). The van der Waals surface area contributed by atoms with Gasteiger partial charge in [0.1, 0.15) is 5.57 Å². The van der Waals surface area contributed by atoms with E-state index >= 15 is 0 Å². The molecule has 5 heteroatoms. The maximum Gasteiger partial charge on any atom is 0.256 e. The molecule has 3 N–H and O–H groups in total. The quantitative estimate of drug-likeness (QED) is 0.663. The first-order valence-corrected chi connectivity index (χ1v) is 4.45. The summed E-state index contributed by atoms with van der Waals surface area (Å²) in [6, 6.07) is 5.94. The molecule has 80 valence electrons. The van der Waals surface area contributed by atoms with Gasteiger partial charge in [0.25, 0.3) is 5.91 Å². The van der Waals surface area contributed by atoms with Crippen molar-refractivity contribution in [1.29, 1.82) is 0 Å². The fourth-order valence-electron chi connectivity index (χ4n) is 1.59. The first-order chi connectivity index (χ1) is 7.54. The molecule has 0 bridgehead atoms. The molecule has 5 nitrogen and oxygen atoms in total. The number of amides is 1. The number of benzene rings is 1. The van der Waals surface area contributed by atoms with Crippen molar-refractivity contribution in [3.8, 4) is 0 Å². The summed E-state index contributed by atoms with van der Waals surface area (Å²) >= 11 is 0. The van der Waals surface area contributed by atoms with Crippen LogP contribution in [0.3, 0.4) is 0 Å². The van der Waals surface area contributed by atoms with E-state index in [9.17, 15) is 19.5 Å². The minimum atomic E-state index is -1.11. The molecule has 0 aliphatic heterocycles. The van der Waals surface area contributed by atoms with E-state index in [4.69, 9.17) is 5.73 Å². The Balaban J connectivity index is 2.73. The smallest absolute Gasteiger partial charge is 0.256 e. The van der Waals surface area contributed by atoms with Crippen molar-refractivity contribution in [3.05, 3.63) is 46.7 Å². The Morgan fingerprint density at radius 2 is 1.56 bits per heavy atom. The molecule has 0 saturated heterocycles. The van der Waals surface area contributed by atoms with E-state index in [-0.39, 0.29) is 11.1 Å². The van der Waals surface area contributed by atoms with Gasteiger partial charge in [-0.1, -0.05) is 24.3 Å². The Labute approximate surface area is 90.2 Å². The van der Waals surface area contributed by atoms with Crippen LogP contribution in [0.2, 0.25) is 0 Å². The van der Waals surface area contributed by atoms with Gasteiger partial charge < -0.3 is 10.8 Å². The molecule has 0 fully saturated rings. The highest BCUT2D eigenvalue weighted by Gasteiger charge is 2.34. The summed E-state index contributed by atoms with van der Waals surface area (Å²) in [4.78, 5) is 34.3. The number of hydrogen-bond donors (Lipinski definition) is 2. The third-order valence-electron chi connectivity index (χ3n) is 2.34. The van der Waals surface area contributed by atoms with E-state index in [1.54, 1.807) is 12.1 Å². The molecule has 1 amide bonds. The minimum absolute atomic E-state index is 0.0787. The van der Waals surface area contributed by atoms with Crippen LogP contribution in [-0.2, 0) is 4.79 Å². The zero-order valence-corrected chi connectivity index (χ0v) is 8.06. The number of aliphatic hydroxyl groups is 1. The first kappa shape index (κ1) is 10.1. The van der Waals surface area contributed by atoms with Gasteiger partial charge in [-0.2, -0.15) is 0 Å². The molecule has 0 aromatic heterocycles. The van der Waals surface area contributed by atoms with Crippen molar-refractivity contribution in [3.63, 3.8) is 0 Å². The highest BCUT2D eigenvalue weighted by Crippen LogP contribution is 2.24. The molecule has 1 aromatic carbocycles. The highest BCUT2D eigenvalue weighted by molar-refractivity contribution is 6.35. The maximum atomic E-state index is 11.7. The molecule has 1 aliphatic carbocycles. The maximum absolute atomic E-state index is 11.7. The Morgan fingerprint density at radius 1 is 1.06 bits per heavy atom. The zero-order valence-electron chi connectivity index (χ0n) is 8.06. The SMILES string of the molecule is NC(=O)C1=C(O)C(=O)c2ccccc2C1=O. The van der Waals surface area contributed by atoms with Gasteiger partial charge >= 0.3 is 0 Å². The van der Waals surface area contributed by atoms with Crippen molar-refractivity contribution in [1.82, 2.24) is 0 Å². The van der Waals surface area contributed by atoms with Gasteiger partial charge in [-0.3, -0.25) is 14.4 Å². The third-order valence-corrected chi connectivity index (χ3v) is 2.34. The fraction of sp³-hybridized carbons (Fsp3) is 0. The molecule has 0 spiro atoms. The van der Waals surface area contributed by atoms with E-state index in [1.807, 2.05) is 0 Å². The van der Waals surface area contributed by atoms with E-state index in [0.717, 1.165) is 0 Å². The summed E-state index contributed by atoms with van der Waals surface area (Å²) in [5, 5.41) is 9.43. The topological polar surface area (TPSA) is 97.5 Å². The Kier molecular flexibility index (Phi) is 2.09. The van der Waals surface area contributed by atoms with E-state index < -0.39 is 28.8 Å². The van der Waals surface area contributed by atoms with Crippen LogP contribution in [0.25, 0.3) is 0 Å². The molecule has 0 radical (unpaired) electrons. The summed E-state index contributed by atoms with van der Waals surface area (Å²) in [6.07, 6.45) is 0. The molecule has 16 heavy (non-hydrogen) atoms. The normalized spacial score (nSPS) is 15.0. The van der Waals surface area contributed by atoms with E-state index in [0.29, 0.717) is 0 Å². The lowest BCUT2D eigenvalue weighted by atomic mass is 9.88. The van der Waals surface area contributed by atoms with E-state index in [1.165, 1.54) is 12.1 Å². The average Bonchev–Trinajstić information content (AvgIpc) is 2.26. The second-order valence-electron chi connectivity index (χ2n) is 3.29. The first-order valence-electron chi connectivity index (χ1n) is 4.45. The van der Waals surface area contributed by atoms with Crippen LogP contribution >= 0.6 is 0 Å². The summed E-state index contributed by atoms with van der Waals surface area (Å²) in [5.41, 5.74) is 4.45. The number of primary amides is 1. The number of fused-ring (bicyclic) bond motifs is 1. The number of Topliss-reactive ketones (excluding diaryl/α,β-unsaturated/α-hetero) is 2. The van der Waals surface area contributed by atoms with Gasteiger partial charge in [-0.15, -0.1) is 0 Å². The second-order valence-corrected chi connectivity index (χ2v) is 3.29. The van der Waals surface area contributed by atoms with Crippen LogP contribution in [0.4, 0.5) is 0 Å². The number of nitrogens with two attached hydrogens (primary N) is 1. The van der Waals surface area contributed by atoms with Gasteiger partial charge in [-0.05, 0) is 0 Å². The predicted octanol–water partition coefficient (Wildman–Crippen LogP) is 0.363. The minimum Gasteiger partial charge on any atom is -0.503 e. The Bertz CT molecular complexity index is 557. The second kappa shape index (κ2) is 3.30. The van der Waals surface area contributed by atoms with Crippen molar-refractivity contribution in [2.24, 2.45) is 5.73 Å². The molecule has 0 saturated carbocycles. The molecule has 2 rings (SSSR count). The summed E-state index contributed by atoms with van der Waals surface area (Å²) in [5.74, 6) is -3.47. The third kappa shape index (κ3) is 1.22. The van der Waals surface area contributed by atoms with Gasteiger partial charge in [0.15, 0.2) is 5.76 Å². The number of carbonyl (C=O) groups is 3. The lowest BCUT2D eigenvalue weighted by Crippen LogP contribution is -2.30. The lowest BCUT2D eigenvalue weighted by molar-refractivity contribution is -0.114. The Hall–Kier alpha value is -2.43. The Morgan fingerprint density at radius 3 is 2.06 bits per heavy atom. The van der Waals surface area contributed by atoms with E-state index in [2.05, 4.69) is 0 Å². The summed E-state index contributed by atoms with van der Waals surface area (Å²) in [7, 11) is 0. The fourth-order valence-corrected chi connectivity index (χ4v) is 1.59. The summed E-state index contributed by atoms with van der Waals surface area (Å²) < 4.78 is 0. The van der Waals surface area contributed by atoms with Crippen molar-refractivity contribution >= 4 is 17.5 Å².